The number of benzene rings is 3. The summed E-state index contributed by atoms with van der Waals surface area (Å²) in [6.07, 6.45) is 2.03. The van der Waals surface area contributed by atoms with Crippen LogP contribution in [0.25, 0.3) is 11.0 Å². The topological polar surface area (TPSA) is 69.0 Å². The van der Waals surface area contributed by atoms with Crippen molar-refractivity contribution < 1.29 is 23.1 Å². The van der Waals surface area contributed by atoms with Crippen molar-refractivity contribution in [3.8, 4) is 17.2 Å². The minimum atomic E-state index is -0.399. The molecule has 1 aromatic heterocycles. The van der Waals surface area contributed by atoms with Gasteiger partial charge in [0.05, 0.1) is 5.39 Å². The normalized spacial score (nSPS) is 12.9. The van der Waals surface area contributed by atoms with Crippen LogP contribution in [0.2, 0.25) is 0 Å². The summed E-state index contributed by atoms with van der Waals surface area (Å²) in [6.45, 7) is 1.12. The van der Waals surface area contributed by atoms with Crippen LogP contribution in [0.5, 0.6) is 17.2 Å². The fraction of sp³-hybridized carbons (Fsp3) is 0.154. The molecule has 6 nitrogen and oxygen atoms in total. The molecule has 0 spiro atoms. The lowest BCUT2D eigenvalue weighted by Crippen LogP contribution is -2.38. The standard InChI is InChI=1S/C26H20FNO5/c27-19-5-7-20(8-6-19)33-24-15-32-23-13-21(9-10-22(23)26(24)30)31-16-25(29)28-12-11-17-3-1-2-4-18(17)14-28/h1-10,13,15H,11-12,14,16H2. The van der Waals surface area contributed by atoms with E-state index >= 15 is 0 Å². The van der Waals surface area contributed by atoms with Crippen LogP contribution in [0.15, 0.2) is 82.2 Å². The first-order valence-corrected chi connectivity index (χ1v) is 10.5. The molecule has 0 fully saturated rings. The van der Waals surface area contributed by atoms with Gasteiger partial charge >= 0.3 is 0 Å². The lowest BCUT2D eigenvalue weighted by atomic mass is 10.00. The van der Waals surface area contributed by atoms with Crippen molar-refractivity contribution in [2.75, 3.05) is 13.2 Å². The summed E-state index contributed by atoms with van der Waals surface area (Å²) in [5.41, 5.74) is 2.37. The zero-order chi connectivity index (χ0) is 22.8. The molecule has 0 saturated heterocycles. The molecule has 33 heavy (non-hydrogen) atoms. The Labute approximate surface area is 188 Å². The molecule has 0 unspecified atom stereocenters. The highest BCUT2D eigenvalue weighted by Gasteiger charge is 2.21. The molecule has 1 aliphatic rings. The predicted molar refractivity (Wildman–Crippen MR) is 120 cm³/mol. The van der Waals surface area contributed by atoms with E-state index in [0.717, 1.165) is 12.0 Å². The van der Waals surface area contributed by atoms with Crippen LogP contribution in [-0.4, -0.2) is 24.0 Å². The quantitative estimate of drug-likeness (QED) is 0.446. The van der Waals surface area contributed by atoms with Gasteiger partial charge in [-0.1, -0.05) is 24.3 Å². The van der Waals surface area contributed by atoms with E-state index in [9.17, 15) is 14.0 Å². The van der Waals surface area contributed by atoms with Crippen LogP contribution < -0.4 is 14.9 Å². The van der Waals surface area contributed by atoms with Crippen LogP contribution in [-0.2, 0) is 17.8 Å². The number of carbonyl (C=O) groups is 1. The monoisotopic (exact) mass is 445 g/mol. The van der Waals surface area contributed by atoms with Gasteiger partial charge in [-0.15, -0.1) is 0 Å². The molecular formula is C26H20FNO5. The minimum absolute atomic E-state index is 0.0108. The van der Waals surface area contributed by atoms with Crippen LogP contribution in [0.1, 0.15) is 11.1 Å². The fourth-order valence-corrected chi connectivity index (χ4v) is 3.83. The molecule has 1 amide bonds. The van der Waals surface area contributed by atoms with Crippen molar-refractivity contribution >= 4 is 16.9 Å². The third-order valence-corrected chi connectivity index (χ3v) is 5.60. The zero-order valence-corrected chi connectivity index (χ0v) is 17.6. The Hall–Kier alpha value is -4.13. The predicted octanol–water partition coefficient (Wildman–Crippen LogP) is 4.69. The van der Waals surface area contributed by atoms with E-state index in [4.69, 9.17) is 13.9 Å². The Morgan fingerprint density at radius 2 is 1.76 bits per heavy atom. The molecule has 0 bridgehead atoms. The highest BCUT2D eigenvalue weighted by Crippen LogP contribution is 2.24. The van der Waals surface area contributed by atoms with Crippen molar-refractivity contribution in [2.45, 2.75) is 13.0 Å². The van der Waals surface area contributed by atoms with Gasteiger partial charge in [-0.3, -0.25) is 9.59 Å². The van der Waals surface area contributed by atoms with Gasteiger partial charge in [0.2, 0.25) is 11.2 Å². The highest BCUT2D eigenvalue weighted by atomic mass is 19.1. The Kier molecular flexibility index (Phi) is 5.52. The van der Waals surface area contributed by atoms with E-state index in [1.54, 1.807) is 23.1 Å². The molecule has 4 aromatic rings. The lowest BCUT2D eigenvalue weighted by molar-refractivity contribution is -0.134. The van der Waals surface area contributed by atoms with Gasteiger partial charge < -0.3 is 18.8 Å². The Morgan fingerprint density at radius 3 is 2.58 bits per heavy atom. The number of nitrogens with zero attached hydrogens (tertiary/aromatic N) is 1. The summed E-state index contributed by atoms with van der Waals surface area (Å²) >= 11 is 0. The summed E-state index contributed by atoms with van der Waals surface area (Å²) in [6, 6.07) is 18.2. The highest BCUT2D eigenvalue weighted by molar-refractivity contribution is 5.80. The molecule has 2 heterocycles. The molecule has 0 aliphatic carbocycles. The molecule has 7 heteroatoms. The number of carbonyl (C=O) groups excluding carboxylic acids is 1. The summed E-state index contributed by atoms with van der Waals surface area (Å²) in [7, 11) is 0. The second kappa shape index (κ2) is 8.78. The molecule has 3 aromatic carbocycles. The summed E-state index contributed by atoms with van der Waals surface area (Å²) in [4.78, 5) is 27.1. The third-order valence-electron chi connectivity index (χ3n) is 5.60. The third kappa shape index (κ3) is 4.43. The van der Waals surface area contributed by atoms with Gasteiger partial charge in [-0.2, -0.15) is 0 Å². The molecular weight excluding hydrogens is 425 g/mol. The van der Waals surface area contributed by atoms with Crippen LogP contribution in [0.3, 0.4) is 0 Å². The van der Waals surface area contributed by atoms with Gasteiger partial charge in [0.1, 0.15) is 29.2 Å². The first-order chi connectivity index (χ1) is 16.1. The molecule has 0 saturated carbocycles. The molecule has 5 rings (SSSR count). The minimum Gasteiger partial charge on any atom is -0.484 e. The number of fused-ring (bicyclic) bond motifs is 2. The van der Waals surface area contributed by atoms with E-state index in [-0.39, 0.29) is 23.7 Å². The Balaban J connectivity index is 1.26. The lowest BCUT2D eigenvalue weighted by Gasteiger charge is -2.28. The number of hydrogen-bond acceptors (Lipinski definition) is 5. The molecule has 0 atom stereocenters. The van der Waals surface area contributed by atoms with Gasteiger partial charge in [-0.05, 0) is 53.9 Å². The van der Waals surface area contributed by atoms with Crippen molar-refractivity contribution in [3.05, 3.63) is 100 Å². The summed E-state index contributed by atoms with van der Waals surface area (Å²) < 4.78 is 29.8. The van der Waals surface area contributed by atoms with Gasteiger partial charge in [0, 0.05) is 19.2 Å². The number of halogens is 1. The molecule has 1 aliphatic heterocycles. The maximum absolute atomic E-state index is 13.1. The Bertz CT molecular complexity index is 1380. The van der Waals surface area contributed by atoms with E-state index in [1.165, 1.54) is 36.1 Å². The summed E-state index contributed by atoms with van der Waals surface area (Å²) in [5, 5.41) is 0.306. The number of hydrogen-bond donors (Lipinski definition) is 0. The molecule has 0 radical (unpaired) electrons. The average Bonchev–Trinajstić information content (AvgIpc) is 2.85. The van der Waals surface area contributed by atoms with Crippen molar-refractivity contribution in [2.24, 2.45) is 0 Å². The summed E-state index contributed by atoms with van der Waals surface area (Å²) in [5.74, 6) is 0.229. The smallest absolute Gasteiger partial charge is 0.260 e. The molecule has 166 valence electrons. The van der Waals surface area contributed by atoms with Gasteiger partial charge in [-0.25, -0.2) is 4.39 Å². The van der Waals surface area contributed by atoms with Gasteiger partial charge in [0.15, 0.2) is 6.61 Å². The van der Waals surface area contributed by atoms with Crippen LogP contribution in [0, 0.1) is 5.82 Å². The zero-order valence-electron chi connectivity index (χ0n) is 17.6. The van der Waals surface area contributed by atoms with Crippen molar-refractivity contribution in [3.63, 3.8) is 0 Å². The van der Waals surface area contributed by atoms with Crippen LogP contribution >= 0.6 is 0 Å². The Morgan fingerprint density at radius 1 is 1.00 bits per heavy atom. The van der Waals surface area contributed by atoms with Crippen LogP contribution in [0.4, 0.5) is 4.39 Å². The largest absolute Gasteiger partial charge is 0.484 e. The van der Waals surface area contributed by atoms with E-state index in [1.807, 2.05) is 18.2 Å². The van der Waals surface area contributed by atoms with Gasteiger partial charge in [0.25, 0.3) is 5.91 Å². The van der Waals surface area contributed by atoms with Crippen molar-refractivity contribution in [1.29, 1.82) is 0 Å². The number of amides is 1. The second-order valence-electron chi connectivity index (χ2n) is 7.77. The molecule has 0 N–H and O–H groups in total. The number of rotatable bonds is 5. The maximum atomic E-state index is 13.1. The SMILES string of the molecule is O=C(COc1ccc2c(=O)c(Oc3ccc(F)cc3)coc2c1)N1CCc2ccccc2C1. The maximum Gasteiger partial charge on any atom is 0.260 e. The fourth-order valence-electron chi connectivity index (χ4n) is 3.83. The average molecular weight is 445 g/mol. The van der Waals surface area contributed by atoms with E-state index < -0.39 is 5.82 Å². The van der Waals surface area contributed by atoms with Crippen molar-refractivity contribution in [1.82, 2.24) is 4.90 Å². The van der Waals surface area contributed by atoms with E-state index in [0.29, 0.717) is 35.6 Å². The first kappa shape index (κ1) is 20.8. The number of ether oxygens (including phenoxy) is 2. The second-order valence-corrected chi connectivity index (χ2v) is 7.77. The first-order valence-electron chi connectivity index (χ1n) is 10.5. The van der Waals surface area contributed by atoms with E-state index in [2.05, 4.69) is 6.07 Å².